The van der Waals surface area contributed by atoms with Crippen LogP contribution < -0.4 is 5.32 Å². The van der Waals surface area contributed by atoms with E-state index in [9.17, 15) is 0 Å². The summed E-state index contributed by atoms with van der Waals surface area (Å²) in [5.41, 5.74) is 7.01. The highest BCUT2D eigenvalue weighted by Gasteiger charge is 2.29. The van der Waals surface area contributed by atoms with Crippen LogP contribution in [0.25, 0.3) is 16.3 Å². The summed E-state index contributed by atoms with van der Waals surface area (Å²) in [6.07, 6.45) is 6.31. The maximum atomic E-state index is 15.1. The summed E-state index contributed by atoms with van der Waals surface area (Å²) in [4.78, 5) is 7.18. The lowest BCUT2D eigenvalue weighted by Crippen LogP contribution is -2.41. The molecule has 174 valence electrons. The van der Waals surface area contributed by atoms with Gasteiger partial charge in [0, 0.05) is 50.4 Å². The summed E-state index contributed by atoms with van der Waals surface area (Å²) in [5.74, 6) is 1.56. The molecule has 0 saturated carbocycles. The number of nitrogens with one attached hydrogen (secondary N) is 1. The molecule has 0 spiro atoms. The zero-order valence-corrected chi connectivity index (χ0v) is 20.7. The van der Waals surface area contributed by atoms with Crippen LogP contribution in [0.4, 0.5) is 4.39 Å². The minimum absolute atomic E-state index is 0.152. The van der Waals surface area contributed by atoms with Gasteiger partial charge in [-0.2, -0.15) is 0 Å². The van der Waals surface area contributed by atoms with Gasteiger partial charge >= 0.3 is 0 Å². The lowest BCUT2D eigenvalue weighted by atomic mass is 9.79. The molecule has 4 rings (SSSR count). The molecule has 33 heavy (non-hydrogen) atoms. The summed E-state index contributed by atoms with van der Waals surface area (Å²) in [5, 5.41) is 5.53. The van der Waals surface area contributed by atoms with Gasteiger partial charge in [-0.3, -0.25) is 4.99 Å². The molecule has 1 heterocycles. The first-order chi connectivity index (χ1) is 15.9. The average molecular weight is 446 g/mol. The Balaban J connectivity index is 1.84. The molecule has 0 radical (unpaired) electrons. The quantitative estimate of drug-likeness (QED) is 0.434. The van der Waals surface area contributed by atoms with Gasteiger partial charge in [0.15, 0.2) is 0 Å². The smallest absolute Gasteiger partial charge is 0.132 e. The topological polar surface area (TPSA) is 27.6 Å². The van der Waals surface area contributed by atoms with E-state index in [1.54, 1.807) is 6.07 Å². The molecule has 3 nitrogen and oxygen atoms in total. The van der Waals surface area contributed by atoms with E-state index in [2.05, 4.69) is 55.8 Å². The standard InChI is InChI=1S/C29H36FN3/c1-7-20-10-9-13-33(17-20)29(32-6)22(8-2)28(31-5)24-16-25-26(30)12-11-21-14-18(3)15-23(19(24)4)27(21)25/h8,11-12,14-15,20,31H,4,7,9-10,13,16-17H2,1-3,5-6H3/b22-8+,28-24+,32-29?. The first kappa shape index (κ1) is 23.3. The number of benzene rings is 2. The lowest BCUT2D eigenvalue weighted by molar-refractivity contribution is 0.253. The number of hydrogen-bond donors (Lipinski definition) is 1. The van der Waals surface area contributed by atoms with E-state index in [4.69, 9.17) is 4.99 Å². The summed E-state index contributed by atoms with van der Waals surface area (Å²) in [7, 11) is 3.82. The second-order valence-corrected chi connectivity index (χ2v) is 9.31. The van der Waals surface area contributed by atoms with Crippen LogP contribution in [0.15, 0.2) is 58.8 Å². The van der Waals surface area contributed by atoms with Crippen molar-refractivity contribution < 1.29 is 4.39 Å². The molecule has 0 aromatic heterocycles. The Labute approximate surface area is 197 Å². The Bertz CT molecular complexity index is 1190. The maximum Gasteiger partial charge on any atom is 0.132 e. The van der Waals surface area contributed by atoms with Crippen molar-refractivity contribution in [2.24, 2.45) is 10.9 Å². The molecule has 1 aliphatic heterocycles. The Hall–Kier alpha value is -2.88. The summed E-state index contributed by atoms with van der Waals surface area (Å²) in [6.45, 7) is 13.0. The molecule has 1 saturated heterocycles. The van der Waals surface area contributed by atoms with Crippen molar-refractivity contribution in [3.05, 3.63) is 76.3 Å². The van der Waals surface area contributed by atoms with Crippen molar-refractivity contribution >= 4 is 22.2 Å². The first-order valence-corrected chi connectivity index (χ1v) is 12.1. The van der Waals surface area contributed by atoms with E-state index in [1.165, 1.54) is 19.3 Å². The fourth-order valence-electron chi connectivity index (χ4n) is 5.62. The van der Waals surface area contributed by atoms with Gasteiger partial charge in [-0.1, -0.05) is 44.2 Å². The minimum atomic E-state index is -0.152. The van der Waals surface area contributed by atoms with E-state index in [0.29, 0.717) is 12.3 Å². The second-order valence-electron chi connectivity index (χ2n) is 9.31. The van der Waals surface area contributed by atoms with Crippen LogP contribution in [-0.4, -0.2) is 37.9 Å². The number of allylic oxidation sites excluding steroid dienone is 3. The number of likely N-dealkylation sites (N-methyl/N-ethyl adjacent to an activating group) is 1. The Morgan fingerprint density at radius 2 is 2.12 bits per heavy atom. The predicted octanol–water partition coefficient (Wildman–Crippen LogP) is 6.43. The van der Waals surface area contributed by atoms with E-state index >= 15 is 4.39 Å². The molecule has 1 aliphatic carbocycles. The molecule has 1 atom stereocenters. The van der Waals surface area contributed by atoms with Gasteiger partial charge in [0.2, 0.25) is 0 Å². The average Bonchev–Trinajstić information content (AvgIpc) is 2.83. The van der Waals surface area contributed by atoms with Crippen molar-refractivity contribution in [2.75, 3.05) is 27.2 Å². The zero-order valence-electron chi connectivity index (χ0n) is 20.7. The lowest BCUT2D eigenvalue weighted by Gasteiger charge is -2.36. The Morgan fingerprint density at radius 3 is 2.79 bits per heavy atom. The third-order valence-electron chi connectivity index (χ3n) is 7.31. The highest BCUT2D eigenvalue weighted by molar-refractivity contribution is 6.06. The van der Waals surface area contributed by atoms with E-state index in [-0.39, 0.29) is 5.82 Å². The molecular formula is C29H36FN3. The van der Waals surface area contributed by atoms with Crippen molar-refractivity contribution in [1.29, 1.82) is 0 Å². The van der Waals surface area contributed by atoms with Crippen molar-refractivity contribution in [3.63, 3.8) is 0 Å². The van der Waals surface area contributed by atoms with Crippen molar-refractivity contribution in [2.45, 2.75) is 46.5 Å². The third-order valence-corrected chi connectivity index (χ3v) is 7.31. The molecule has 2 aromatic rings. The van der Waals surface area contributed by atoms with Gasteiger partial charge in [-0.25, -0.2) is 4.39 Å². The molecule has 4 heteroatoms. The van der Waals surface area contributed by atoms with Crippen LogP contribution in [0.2, 0.25) is 0 Å². The molecule has 1 fully saturated rings. The maximum absolute atomic E-state index is 15.1. The number of nitrogens with zero attached hydrogens (tertiary/aromatic N) is 2. The molecule has 2 aliphatic rings. The fourth-order valence-corrected chi connectivity index (χ4v) is 5.62. The Kier molecular flexibility index (Phi) is 6.73. The molecule has 1 unspecified atom stereocenters. The number of rotatable bonds is 4. The molecule has 2 aromatic carbocycles. The molecule has 0 amide bonds. The van der Waals surface area contributed by atoms with Gasteiger partial charge in [0.1, 0.15) is 11.7 Å². The first-order valence-electron chi connectivity index (χ1n) is 12.1. The Morgan fingerprint density at radius 1 is 1.33 bits per heavy atom. The number of amidine groups is 1. The van der Waals surface area contributed by atoms with Gasteiger partial charge in [0.25, 0.3) is 0 Å². The number of aryl methyl sites for hydroxylation is 1. The number of likely N-dealkylation sites (tertiary alicyclic amines) is 1. The normalized spacial score (nSPS) is 21.0. The molecular weight excluding hydrogens is 409 g/mol. The van der Waals surface area contributed by atoms with Gasteiger partial charge < -0.3 is 10.2 Å². The summed E-state index contributed by atoms with van der Waals surface area (Å²) < 4.78 is 15.1. The summed E-state index contributed by atoms with van der Waals surface area (Å²) in [6, 6.07) is 7.74. The van der Waals surface area contributed by atoms with Crippen LogP contribution in [0, 0.1) is 18.7 Å². The molecule has 1 N–H and O–H groups in total. The molecule has 0 bridgehead atoms. The largest absolute Gasteiger partial charge is 0.387 e. The number of aliphatic imine (C=N–C) groups is 1. The van der Waals surface area contributed by atoms with Gasteiger partial charge in [0.05, 0.1) is 0 Å². The minimum Gasteiger partial charge on any atom is -0.387 e. The number of halogens is 1. The van der Waals surface area contributed by atoms with Crippen molar-refractivity contribution in [3.8, 4) is 0 Å². The van der Waals surface area contributed by atoms with Crippen LogP contribution in [0.5, 0.6) is 0 Å². The van der Waals surface area contributed by atoms with Gasteiger partial charge in [-0.15, -0.1) is 0 Å². The second kappa shape index (κ2) is 9.54. The van der Waals surface area contributed by atoms with Crippen molar-refractivity contribution in [1.82, 2.24) is 10.2 Å². The van der Waals surface area contributed by atoms with Gasteiger partial charge in [-0.05, 0) is 71.7 Å². The predicted molar refractivity (Wildman–Crippen MR) is 139 cm³/mol. The van der Waals surface area contributed by atoms with E-state index in [0.717, 1.165) is 68.8 Å². The van der Waals surface area contributed by atoms with E-state index < -0.39 is 0 Å². The SMILES string of the molecule is C=C1/C(=C(NC)\C(=C/C)C(=NC)N2CCCC(CC)C2)Cc2c(F)ccc3cc(C)cc1c23. The monoisotopic (exact) mass is 445 g/mol. The van der Waals surface area contributed by atoms with Crippen LogP contribution in [0.3, 0.4) is 0 Å². The highest BCUT2D eigenvalue weighted by Crippen LogP contribution is 2.42. The van der Waals surface area contributed by atoms with Crippen LogP contribution >= 0.6 is 0 Å². The number of hydrogen-bond acceptors (Lipinski definition) is 2. The highest BCUT2D eigenvalue weighted by atomic mass is 19.1. The zero-order chi connectivity index (χ0) is 23.7. The van der Waals surface area contributed by atoms with Crippen LogP contribution in [0.1, 0.15) is 49.8 Å². The van der Waals surface area contributed by atoms with Crippen LogP contribution in [-0.2, 0) is 6.42 Å². The van der Waals surface area contributed by atoms with E-state index in [1.807, 2.05) is 20.2 Å². The number of piperidine rings is 1. The fraction of sp³-hybridized carbons (Fsp3) is 0.414. The third kappa shape index (κ3) is 4.12. The summed E-state index contributed by atoms with van der Waals surface area (Å²) >= 11 is 0.